The number of hydrogen-bond donors (Lipinski definition) is 0. The molecule has 0 N–H and O–H groups in total. The zero-order valence-corrected chi connectivity index (χ0v) is 12.1. The molecule has 0 aliphatic rings. The molecule has 2 aromatic heterocycles. The lowest BCUT2D eigenvalue weighted by molar-refractivity contribution is 0.102. The van der Waals surface area contributed by atoms with Gasteiger partial charge >= 0.3 is 0 Å². The zero-order chi connectivity index (χ0) is 13.8. The van der Waals surface area contributed by atoms with Crippen LogP contribution in [0.2, 0.25) is 0 Å². The Morgan fingerprint density at radius 2 is 2.32 bits per heavy atom. The molecule has 4 nitrogen and oxygen atoms in total. The van der Waals surface area contributed by atoms with Crippen molar-refractivity contribution in [3.8, 4) is 0 Å². The van der Waals surface area contributed by atoms with E-state index in [1.807, 2.05) is 17.5 Å². The molecular formula is C14H17N3OS. The van der Waals surface area contributed by atoms with Gasteiger partial charge in [0.1, 0.15) is 6.33 Å². The van der Waals surface area contributed by atoms with E-state index in [4.69, 9.17) is 0 Å². The first-order valence-electron chi connectivity index (χ1n) is 6.12. The molecule has 19 heavy (non-hydrogen) atoms. The van der Waals surface area contributed by atoms with E-state index in [1.165, 1.54) is 16.9 Å². The van der Waals surface area contributed by atoms with Gasteiger partial charge < -0.3 is 0 Å². The maximum Gasteiger partial charge on any atom is 0.169 e. The molecule has 0 aliphatic carbocycles. The second-order valence-electron chi connectivity index (χ2n) is 4.60. The molecule has 0 radical (unpaired) electrons. The summed E-state index contributed by atoms with van der Waals surface area (Å²) in [6, 6.07) is 4.11. The number of rotatable bonds is 5. The molecule has 0 saturated heterocycles. The number of ketones is 1. The Bertz CT molecular complexity index is 553. The summed E-state index contributed by atoms with van der Waals surface area (Å²) < 4.78 is 0. The summed E-state index contributed by atoms with van der Waals surface area (Å²) in [5, 5.41) is 2.04. The van der Waals surface area contributed by atoms with Crippen molar-refractivity contribution in [1.82, 2.24) is 14.9 Å². The second kappa shape index (κ2) is 6.04. The van der Waals surface area contributed by atoms with Crippen LogP contribution in [-0.4, -0.2) is 27.7 Å². The molecule has 0 aromatic carbocycles. The smallest absolute Gasteiger partial charge is 0.169 e. The van der Waals surface area contributed by atoms with Crippen LogP contribution in [-0.2, 0) is 6.54 Å². The first-order chi connectivity index (χ1) is 9.08. The van der Waals surface area contributed by atoms with Crippen LogP contribution in [0.4, 0.5) is 0 Å². The van der Waals surface area contributed by atoms with Gasteiger partial charge in [-0.15, -0.1) is 11.3 Å². The van der Waals surface area contributed by atoms with Crippen molar-refractivity contribution >= 4 is 17.1 Å². The third-order valence-corrected chi connectivity index (χ3v) is 4.21. The lowest BCUT2D eigenvalue weighted by Crippen LogP contribution is -2.22. The van der Waals surface area contributed by atoms with Crippen LogP contribution >= 0.6 is 11.3 Å². The Labute approximate surface area is 117 Å². The highest BCUT2D eigenvalue weighted by Gasteiger charge is 2.14. The summed E-state index contributed by atoms with van der Waals surface area (Å²) in [6.45, 7) is 4.51. The first-order valence-corrected chi connectivity index (χ1v) is 7.00. The minimum atomic E-state index is 0.128. The topological polar surface area (TPSA) is 46.1 Å². The van der Waals surface area contributed by atoms with Crippen molar-refractivity contribution in [3.05, 3.63) is 46.2 Å². The maximum atomic E-state index is 11.3. The molecule has 0 fully saturated rings. The fourth-order valence-electron chi connectivity index (χ4n) is 1.84. The standard InChI is InChI=1S/C14H17N3OS/c1-10(13-4-5-15-9-16-13)17(3)7-12-6-14(11(2)18)19-8-12/h4-6,8-10H,7H2,1-3H3. The van der Waals surface area contributed by atoms with Crippen molar-refractivity contribution in [2.45, 2.75) is 26.4 Å². The number of nitrogens with zero attached hydrogens (tertiary/aromatic N) is 3. The number of aromatic nitrogens is 2. The summed E-state index contributed by atoms with van der Waals surface area (Å²) in [4.78, 5) is 22.5. The third kappa shape index (κ3) is 3.45. The van der Waals surface area contributed by atoms with Gasteiger partial charge in [-0.3, -0.25) is 9.69 Å². The second-order valence-corrected chi connectivity index (χ2v) is 5.51. The fourth-order valence-corrected chi connectivity index (χ4v) is 2.65. The monoisotopic (exact) mass is 275 g/mol. The van der Waals surface area contributed by atoms with Crippen LogP contribution in [0.25, 0.3) is 0 Å². The highest BCUT2D eigenvalue weighted by Crippen LogP contribution is 2.21. The Morgan fingerprint density at radius 3 is 2.89 bits per heavy atom. The summed E-state index contributed by atoms with van der Waals surface area (Å²) in [5.41, 5.74) is 2.16. The van der Waals surface area contributed by atoms with E-state index in [1.54, 1.807) is 19.4 Å². The fraction of sp³-hybridized carbons (Fsp3) is 0.357. The average Bonchev–Trinajstić information content (AvgIpc) is 2.87. The van der Waals surface area contributed by atoms with Gasteiger partial charge in [0.15, 0.2) is 5.78 Å². The largest absolute Gasteiger partial charge is 0.294 e. The van der Waals surface area contributed by atoms with Crippen molar-refractivity contribution in [2.24, 2.45) is 0 Å². The maximum absolute atomic E-state index is 11.3. The van der Waals surface area contributed by atoms with Gasteiger partial charge in [0.2, 0.25) is 0 Å². The van der Waals surface area contributed by atoms with E-state index in [0.717, 1.165) is 17.1 Å². The molecule has 2 heterocycles. The van der Waals surface area contributed by atoms with E-state index in [-0.39, 0.29) is 11.8 Å². The third-order valence-electron chi connectivity index (χ3n) is 3.13. The van der Waals surface area contributed by atoms with Crippen LogP contribution in [0.1, 0.15) is 40.8 Å². The molecule has 0 spiro atoms. The minimum absolute atomic E-state index is 0.128. The van der Waals surface area contributed by atoms with E-state index in [2.05, 4.69) is 28.8 Å². The Morgan fingerprint density at radius 1 is 1.53 bits per heavy atom. The molecule has 0 saturated carbocycles. The van der Waals surface area contributed by atoms with E-state index in [9.17, 15) is 4.79 Å². The molecular weight excluding hydrogens is 258 g/mol. The Hall–Kier alpha value is -1.59. The molecule has 1 unspecified atom stereocenters. The van der Waals surface area contributed by atoms with Crippen molar-refractivity contribution in [2.75, 3.05) is 7.05 Å². The molecule has 5 heteroatoms. The SMILES string of the molecule is CC(=O)c1cc(CN(C)C(C)c2ccncn2)cs1. The Balaban J connectivity index is 2.04. The molecule has 0 bridgehead atoms. The zero-order valence-electron chi connectivity index (χ0n) is 11.3. The van der Waals surface area contributed by atoms with Gasteiger partial charge in [-0.2, -0.15) is 0 Å². The first kappa shape index (κ1) is 13.8. The summed E-state index contributed by atoms with van der Waals surface area (Å²) in [6.07, 6.45) is 3.32. The van der Waals surface area contributed by atoms with E-state index >= 15 is 0 Å². The predicted octanol–water partition coefficient (Wildman–Crippen LogP) is 2.93. The van der Waals surface area contributed by atoms with Gasteiger partial charge in [-0.1, -0.05) is 0 Å². The molecule has 2 aromatic rings. The van der Waals surface area contributed by atoms with Crippen LogP contribution in [0.5, 0.6) is 0 Å². The Kier molecular flexibility index (Phi) is 4.39. The molecule has 2 rings (SSSR count). The van der Waals surface area contributed by atoms with Crippen molar-refractivity contribution in [3.63, 3.8) is 0 Å². The van der Waals surface area contributed by atoms with Crippen molar-refractivity contribution < 1.29 is 4.79 Å². The average molecular weight is 275 g/mol. The quantitative estimate of drug-likeness (QED) is 0.787. The highest BCUT2D eigenvalue weighted by molar-refractivity contribution is 7.12. The molecule has 0 amide bonds. The van der Waals surface area contributed by atoms with Crippen LogP contribution in [0.15, 0.2) is 30.0 Å². The molecule has 0 aliphatic heterocycles. The van der Waals surface area contributed by atoms with Gasteiger partial charge in [0, 0.05) is 18.8 Å². The molecule has 100 valence electrons. The summed E-state index contributed by atoms with van der Waals surface area (Å²) >= 11 is 1.51. The number of carbonyl (C=O) groups excluding carboxylic acids is 1. The van der Waals surface area contributed by atoms with Crippen LogP contribution < -0.4 is 0 Å². The van der Waals surface area contributed by atoms with E-state index < -0.39 is 0 Å². The molecule has 1 atom stereocenters. The van der Waals surface area contributed by atoms with Gasteiger partial charge in [-0.05, 0) is 44.0 Å². The normalized spacial score (nSPS) is 12.6. The minimum Gasteiger partial charge on any atom is -0.294 e. The highest BCUT2D eigenvalue weighted by atomic mass is 32.1. The lowest BCUT2D eigenvalue weighted by atomic mass is 10.2. The van der Waals surface area contributed by atoms with Crippen LogP contribution in [0.3, 0.4) is 0 Å². The summed E-state index contributed by atoms with van der Waals surface area (Å²) in [5.74, 6) is 0.128. The van der Waals surface area contributed by atoms with E-state index in [0.29, 0.717) is 0 Å². The van der Waals surface area contributed by atoms with Crippen LogP contribution in [0, 0.1) is 0 Å². The van der Waals surface area contributed by atoms with Gasteiger partial charge in [0.05, 0.1) is 10.6 Å². The summed E-state index contributed by atoms with van der Waals surface area (Å²) in [7, 11) is 2.05. The van der Waals surface area contributed by atoms with Crippen molar-refractivity contribution in [1.29, 1.82) is 0 Å². The number of Topliss-reactive ketones (excluding diaryl/α,β-unsaturated/α-hetero) is 1. The lowest BCUT2D eigenvalue weighted by Gasteiger charge is -2.23. The van der Waals surface area contributed by atoms with Gasteiger partial charge in [0.25, 0.3) is 0 Å². The number of thiophene rings is 1. The number of hydrogen-bond acceptors (Lipinski definition) is 5. The van der Waals surface area contributed by atoms with Gasteiger partial charge in [-0.25, -0.2) is 9.97 Å². The predicted molar refractivity (Wildman–Crippen MR) is 76.2 cm³/mol. The number of carbonyl (C=O) groups is 1.